The summed E-state index contributed by atoms with van der Waals surface area (Å²) in [5, 5.41) is 11.8. The molecule has 49 heavy (non-hydrogen) atoms. The number of hydrogen-bond donors (Lipinski definition) is 0. The number of anilines is 3. The van der Waals surface area contributed by atoms with Gasteiger partial charge in [0.15, 0.2) is 0 Å². The molecule has 0 fully saturated rings. The quantitative estimate of drug-likeness (QED) is 0.190. The monoisotopic (exact) mass is 628 g/mol. The third-order valence-corrected chi connectivity index (χ3v) is 10.1. The van der Waals surface area contributed by atoms with Crippen LogP contribution in [0.15, 0.2) is 162 Å². The van der Waals surface area contributed by atoms with Crippen molar-refractivity contribution in [3.05, 3.63) is 174 Å². The molecule has 8 aromatic rings. The van der Waals surface area contributed by atoms with Crippen LogP contribution in [0.5, 0.6) is 0 Å². The Morgan fingerprint density at radius 2 is 1.16 bits per heavy atom. The summed E-state index contributed by atoms with van der Waals surface area (Å²) in [4.78, 5) is 2.28. The fourth-order valence-corrected chi connectivity index (χ4v) is 7.67. The predicted octanol–water partition coefficient (Wildman–Crippen LogP) is 12.6. The molecule has 0 saturated heterocycles. The van der Waals surface area contributed by atoms with E-state index in [4.69, 9.17) is 4.42 Å². The molecular weight excluding hydrogens is 597 g/mol. The number of rotatable bonds is 5. The third kappa shape index (κ3) is 4.57. The van der Waals surface area contributed by atoms with Gasteiger partial charge in [0.2, 0.25) is 0 Å². The van der Waals surface area contributed by atoms with Crippen LogP contribution in [-0.4, -0.2) is 0 Å². The van der Waals surface area contributed by atoms with Gasteiger partial charge in [-0.3, -0.25) is 0 Å². The lowest BCUT2D eigenvalue weighted by atomic mass is 9.81. The molecular formula is C46H32N2O. The Labute approximate surface area is 285 Å². The summed E-state index contributed by atoms with van der Waals surface area (Å²) in [5.41, 5.74) is 15.2. The Morgan fingerprint density at radius 1 is 0.531 bits per heavy atom. The zero-order valence-corrected chi connectivity index (χ0v) is 27.3. The molecule has 1 heterocycles. The first-order valence-electron chi connectivity index (χ1n) is 16.7. The fraction of sp³-hybridized carbons (Fsp3) is 0.0652. The Hall–Kier alpha value is -6.37. The summed E-state index contributed by atoms with van der Waals surface area (Å²) in [6.45, 7) is 4.66. The maximum absolute atomic E-state index is 9.54. The average Bonchev–Trinajstić information content (AvgIpc) is 3.65. The zero-order valence-electron chi connectivity index (χ0n) is 27.3. The van der Waals surface area contributed by atoms with E-state index in [2.05, 4.69) is 146 Å². The Kier molecular flexibility index (Phi) is 6.54. The highest BCUT2D eigenvalue weighted by atomic mass is 16.3. The van der Waals surface area contributed by atoms with E-state index in [1.54, 1.807) is 0 Å². The van der Waals surface area contributed by atoms with Gasteiger partial charge in [0.25, 0.3) is 0 Å². The van der Waals surface area contributed by atoms with Crippen LogP contribution in [0.4, 0.5) is 17.1 Å². The maximum Gasteiger partial charge on any atom is 0.143 e. The molecule has 0 saturated carbocycles. The molecule has 0 aliphatic heterocycles. The smallest absolute Gasteiger partial charge is 0.143 e. The van der Waals surface area contributed by atoms with Crippen LogP contribution >= 0.6 is 0 Å². The van der Waals surface area contributed by atoms with Gasteiger partial charge in [0.1, 0.15) is 11.2 Å². The van der Waals surface area contributed by atoms with Gasteiger partial charge in [-0.2, -0.15) is 5.26 Å². The molecule has 7 aromatic carbocycles. The highest BCUT2D eigenvalue weighted by molar-refractivity contribution is 6.09. The van der Waals surface area contributed by atoms with Gasteiger partial charge in [-0.25, -0.2) is 0 Å². The van der Waals surface area contributed by atoms with Crippen molar-refractivity contribution in [2.75, 3.05) is 4.90 Å². The second kappa shape index (κ2) is 11.1. The van der Waals surface area contributed by atoms with E-state index in [-0.39, 0.29) is 5.41 Å². The first-order valence-corrected chi connectivity index (χ1v) is 16.7. The van der Waals surface area contributed by atoms with Crippen LogP contribution in [0.3, 0.4) is 0 Å². The number of benzene rings is 7. The average molecular weight is 629 g/mol. The summed E-state index contributed by atoms with van der Waals surface area (Å²) in [6.07, 6.45) is 0. The van der Waals surface area contributed by atoms with E-state index in [0.29, 0.717) is 5.56 Å². The lowest BCUT2D eigenvalue weighted by Crippen LogP contribution is -2.16. The molecule has 0 radical (unpaired) electrons. The molecule has 232 valence electrons. The SMILES string of the molecule is CC1(C)c2cc(N(c3ccc(C#N)cc3)c3ccc(-c4cccc5c4oc4ccccc45)cc3)ccc2-c2c(-c3ccccc3)cccc21. The lowest BCUT2D eigenvalue weighted by molar-refractivity contribution is 0.660. The summed E-state index contributed by atoms with van der Waals surface area (Å²) in [6, 6.07) is 57.6. The van der Waals surface area contributed by atoms with Crippen LogP contribution in [0.2, 0.25) is 0 Å². The number of hydrogen-bond acceptors (Lipinski definition) is 3. The number of para-hydroxylation sites is 2. The van der Waals surface area contributed by atoms with Crippen LogP contribution in [0.25, 0.3) is 55.3 Å². The van der Waals surface area contributed by atoms with Crippen molar-refractivity contribution in [2.24, 2.45) is 0 Å². The van der Waals surface area contributed by atoms with Crippen molar-refractivity contribution < 1.29 is 4.42 Å². The molecule has 1 aromatic heterocycles. The molecule has 0 spiro atoms. The summed E-state index contributed by atoms with van der Waals surface area (Å²) >= 11 is 0. The molecule has 1 aliphatic carbocycles. The number of nitriles is 1. The minimum atomic E-state index is -0.184. The second-order valence-corrected chi connectivity index (χ2v) is 13.3. The molecule has 0 atom stereocenters. The lowest BCUT2D eigenvalue weighted by Gasteiger charge is -2.28. The van der Waals surface area contributed by atoms with Gasteiger partial charge in [-0.15, -0.1) is 0 Å². The van der Waals surface area contributed by atoms with Gasteiger partial charge in [0.05, 0.1) is 11.6 Å². The molecule has 0 amide bonds. The van der Waals surface area contributed by atoms with Gasteiger partial charge in [-0.1, -0.05) is 117 Å². The minimum absolute atomic E-state index is 0.184. The Bertz CT molecular complexity index is 2570. The summed E-state index contributed by atoms with van der Waals surface area (Å²) in [5.74, 6) is 0. The van der Waals surface area contributed by atoms with E-state index in [1.807, 2.05) is 36.4 Å². The largest absolute Gasteiger partial charge is 0.455 e. The van der Waals surface area contributed by atoms with Gasteiger partial charge < -0.3 is 9.32 Å². The predicted molar refractivity (Wildman–Crippen MR) is 202 cm³/mol. The van der Waals surface area contributed by atoms with Crippen LogP contribution in [-0.2, 0) is 5.41 Å². The minimum Gasteiger partial charge on any atom is -0.455 e. The molecule has 3 heteroatoms. The van der Waals surface area contributed by atoms with Crippen molar-refractivity contribution >= 4 is 39.0 Å². The highest BCUT2D eigenvalue weighted by Gasteiger charge is 2.37. The molecule has 0 unspecified atom stereocenters. The van der Waals surface area contributed by atoms with E-state index in [0.717, 1.165) is 50.1 Å². The van der Waals surface area contributed by atoms with E-state index in [1.165, 1.54) is 33.4 Å². The van der Waals surface area contributed by atoms with Gasteiger partial charge in [0, 0.05) is 38.8 Å². The van der Waals surface area contributed by atoms with Crippen molar-refractivity contribution in [2.45, 2.75) is 19.3 Å². The van der Waals surface area contributed by atoms with Crippen molar-refractivity contribution in [1.29, 1.82) is 5.26 Å². The molecule has 0 bridgehead atoms. The van der Waals surface area contributed by atoms with E-state index >= 15 is 0 Å². The van der Waals surface area contributed by atoms with Gasteiger partial charge >= 0.3 is 0 Å². The fourth-order valence-electron chi connectivity index (χ4n) is 7.67. The molecule has 3 nitrogen and oxygen atoms in total. The van der Waals surface area contributed by atoms with E-state index in [9.17, 15) is 5.26 Å². The first-order chi connectivity index (χ1) is 24.0. The molecule has 9 rings (SSSR count). The number of fused-ring (bicyclic) bond motifs is 6. The van der Waals surface area contributed by atoms with Crippen LogP contribution < -0.4 is 4.90 Å². The Balaban J connectivity index is 1.17. The summed E-state index contributed by atoms with van der Waals surface area (Å²) < 4.78 is 6.36. The van der Waals surface area contributed by atoms with E-state index < -0.39 is 0 Å². The van der Waals surface area contributed by atoms with Gasteiger partial charge in [-0.05, 0) is 93.5 Å². The first kappa shape index (κ1) is 28.8. The Morgan fingerprint density at radius 3 is 1.94 bits per heavy atom. The van der Waals surface area contributed by atoms with Crippen molar-refractivity contribution in [3.8, 4) is 39.4 Å². The van der Waals surface area contributed by atoms with Crippen molar-refractivity contribution in [3.63, 3.8) is 0 Å². The second-order valence-electron chi connectivity index (χ2n) is 13.3. The van der Waals surface area contributed by atoms with Crippen LogP contribution in [0, 0.1) is 11.3 Å². The maximum atomic E-state index is 9.54. The summed E-state index contributed by atoms with van der Waals surface area (Å²) in [7, 11) is 0. The topological polar surface area (TPSA) is 40.2 Å². The normalized spacial score (nSPS) is 12.8. The third-order valence-electron chi connectivity index (χ3n) is 10.1. The molecule has 1 aliphatic rings. The van der Waals surface area contributed by atoms with Crippen molar-refractivity contribution in [1.82, 2.24) is 0 Å². The zero-order chi connectivity index (χ0) is 33.1. The van der Waals surface area contributed by atoms with Crippen LogP contribution in [0.1, 0.15) is 30.5 Å². The molecule has 0 N–H and O–H groups in total. The highest BCUT2D eigenvalue weighted by Crippen LogP contribution is 2.53. The standard InChI is InChI=1S/C46H32N2O/c1-46(2)41-16-9-13-36(31-10-4-3-5-11-31)44(41)40-27-26-35(28-42(40)46)48(33-22-18-30(29-47)19-23-33)34-24-20-32(21-25-34)37-14-8-15-39-38-12-6-7-17-43(38)49-45(37)39/h3-28H,1-2H3. The number of nitrogens with zero attached hydrogens (tertiary/aromatic N) is 2. The number of furan rings is 1.